The van der Waals surface area contributed by atoms with Crippen molar-refractivity contribution in [2.45, 2.75) is 25.8 Å². The number of rotatable bonds is 5. The van der Waals surface area contributed by atoms with Crippen LogP contribution in [0, 0.1) is 0 Å². The van der Waals surface area contributed by atoms with Gasteiger partial charge in [0.25, 0.3) is 0 Å². The standard InChI is InChI=1S/C11H16N4O.C5H11N/c1-4-15(14-13-2)10-5-6-11(16-3)9(7-10)8-12;1-2-4-6-5-3-1/h4-7H,1,8,12H2,2-3H3;6H,1-5H2. The smallest absolute Gasteiger partial charge is 0.123 e. The van der Waals surface area contributed by atoms with Gasteiger partial charge in [-0.1, -0.05) is 18.2 Å². The molecule has 0 spiro atoms. The van der Waals surface area contributed by atoms with Crippen LogP contribution in [0.5, 0.6) is 5.75 Å². The second-order valence-electron chi connectivity index (χ2n) is 4.83. The van der Waals surface area contributed by atoms with Gasteiger partial charge in [0, 0.05) is 18.3 Å². The van der Waals surface area contributed by atoms with E-state index in [0.717, 1.165) is 17.0 Å². The van der Waals surface area contributed by atoms with E-state index in [-0.39, 0.29) is 0 Å². The quantitative estimate of drug-likeness (QED) is 0.648. The number of benzene rings is 1. The average molecular weight is 305 g/mol. The van der Waals surface area contributed by atoms with Crippen LogP contribution in [0.2, 0.25) is 0 Å². The van der Waals surface area contributed by atoms with Crippen LogP contribution in [0.1, 0.15) is 24.8 Å². The lowest BCUT2D eigenvalue weighted by Crippen LogP contribution is -2.21. The molecule has 1 fully saturated rings. The number of anilines is 1. The summed E-state index contributed by atoms with van der Waals surface area (Å²) in [5.41, 5.74) is 7.40. The number of nitrogens with two attached hydrogens (primary N) is 1. The Morgan fingerprint density at radius 2 is 2.09 bits per heavy atom. The predicted molar refractivity (Wildman–Crippen MR) is 91.1 cm³/mol. The van der Waals surface area contributed by atoms with Gasteiger partial charge in [0.1, 0.15) is 5.75 Å². The SMILES string of the molecule is C1CCNCC1.C=CN(N=NC)c1ccc(OC)c(CN)c1. The average Bonchev–Trinajstić information content (AvgIpc) is 2.61. The molecular weight excluding hydrogens is 278 g/mol. The third-order valence-electron chi connectivity index (χ3n) is 3.31. The van der Waals surface area contributed by atoms with E-state index in [1.165, 1.54) is 32.4 Å². The first-order valence-corrected chi connectivity index (χ1v) is 7.56. The minimum Gasteiger partial charge on any atom is -0.496 e. The van der Waals surface area contributed by atoms with Crippen molar-refractivity contribution in [2.24, 2.45) is 16.1 Å². The van der Waals surface area contributed by atoms with Gasteiger partial charge in [-0.05, 0) is 44.1 Å². The summed E-state index contributed by atoms with van der Waals surface area (Å²) in [4.78, 5) is 0. The van der Waals surface area contributed by atoms with Crippen molar-refractivity contribution in [3.63, 3.8) is 0 Å². The van der Waals surface area contributed by atoms with E-state index >= 15 is 0 Å². The van der Waals surface area contributed by atoms with E-state index in [1.807, 2.05) is 18.2 Å². The highest BCUT2D eigenvalue weighted by Crippen LogP contribution is 2.25. The molecule has 122 valence electrons. The molecule has 1 heterocycles. The summed E-state index contributed by atoms with van der Waals surface area (Å²) in [7, 11) is 3.22. The van der Waals surface area contributed by atoms with E-state index in [0.29, 0.717) is 6.54 Å². The molecule has 1 saturated heterocycles. The van der Waals surface area contributed by atoms with Gasteiger partial charge in [0.05, 0.1) is 19.8 Å². The topological polar surface area (TPSA) is 75.2 Å². The van der Waals surface area contributed by atoms with Crippen molar-refractivity contribution < 1.29 is 4.74 Å². The van der Waals surface area contributed by atoms with Gasteiger partial charge in [-0.2, -0.15) is 5.11 Å². The van der Waals surface area contributed by atoms with Crippen molar-refractivity contribution in [1.29, 1.82) is 0 Å². The molecule has 22 heavy (non-hydrogen) atoms. The molecule has 1 aliphatic rings. The summed E-state index contributed by atoms with van der Waals surface area (Å²) in [6.07, 6.45) is 5.79. The number of nitrogens with one attached hydrogen (secondary N) is 1. The molecule has 0 unspecified atom stereocenters. The van der Waals surface area contributed by atoms with Gasteiger partial charge < -0.3 is 15.8 Å². The van der Waals surface area contributed by atoms with Gasteiger partial charge in [0.15, 0.2) is 0 Å². The molecule has 0 aromatic heterocycles. The Morgan fingerprint density at radius 3 is 2.50 bits per heavy atom. The summed E-state index contributed by atoms with van der Waals surface area (Å²) in [5.74, 6) is 0.767. The number of methoxy groups -OCH3 is 1. The first-order valence-electron chi connectivity index (χ1n) is 7.56. The Balaban J connectivity index is 0.000000335. The molecule has 1 aromatic carbocycles. The molecule has 0 bridgehead atoms. The van der Waals surface area contributed by atoms with Crippen LogP contribution in [0.4, 0.5) is 5.69 Å². The van der Waals surface area contributed by atoms with Gasteiger partial charge in [-0.25, -0.2) is 5.01 Å². The van der Waals surface area contributed by atoms with Gasteiger partial charge >= 0.3 is 0 Å². The lowest BCUT2D eigenvalue weighted by Gasteiger charge is -2.14. The maximum Gasteiger partial charge on any atom is 0.123 e. The van der Waals surface area contributed by atoms with Crippen molar-refractivity contribution >= 4 is 5.69 Å². The first-order chi connectivity index (χ1) is 10.8. The van der Waals surface area contributed by atoms with Gasteiger partial charge in [-0.15, -0.1) is 0 Å². The number of nitrogens with zero attached hydrogens (tertiary/aromatic N) is 3. The molecule has 3 N–H and O–H groups in total. The highest BCUT2D eigenvalue weighted by Gasteiger charge is 2.06. The van der Waals surface area contributed by atoms with Crippen LogP contribution in [0.25, 0.3) is 0 Å². The summed E-state index contributed by atoms with van der Waals surface area (Å²) < 4.78 is 5.19. The van der Waals surface area contributed by atoms with E-state index in [9.17, 15) is 0 Å². The van der Waals surface area contributed by atoms with E-state index in [4.69, 9.17) is 10.5 Å². The number of piperidine rings is 1. The lowest BCUT2D eigenvalue weighted by molar-refractivity contribution is 0.410. The van der Waals surface area contributed by atoms with Gasteiger partial charge in [-0.3, -0.25) is 0 Å². The monoisotopic (exact) mass is 305 g/mol. The summed E-state index contributed by atoms with van der Waals surface area (Å²) >= 11 is 0. The summed E-state index contributed by atoms with van der Waals surface area (Å²) in [6.45, 7) is 6.57. The summed E-state index contributed by atoms with van der Waals surface area (Å²) in [6, 6.07) is 5.61. The second-order valence-corrected chi connectivity index (χ2v) is 4.83. The van der Waals surface area contributed by atoms with E-state index in [1.54, 1.807) is 25.4 Å². The van der Waals surface area contributed by atoms with Crippen LogP contribution in [-0.2, 0) is 6.54 Å². The van der Waals surface area contributed by atoms with Crippen LogP contribution < -0.4 is 20.8 Å². The molecule has 2 rings (SSSR count). The highest BCUT2D eigenvalue weighted by atomic mass is 16.5. The Morgan fingerprint density at radius 1 is 1.36 bits per heavy atom. The van der Waals surface area contributed by atoms with Crippen LogP contribution in [0.3, 0.4) is 0 Å². The zero-order chi connectivity index (χ0) is 16.2. The number of hydrogen-bond donors (Lipinski definition) is 2. The number of ether oxygens (including phenoxy) is 1. The van der Waals surface area contributed by atoms with Crippen LogP contribution in [0.15, 0.2) is 41.3 Å². The fraction of sp³-hybridized carbons (Fsp3) is 0.500. The third kappa shape index (κ3) is 5.83. The maximum absolute atomic E-state index is 5.63. The minimum absolute atomic E-state index is 0.408. The third-order valence-corrected chi connectivity index (χ3v) is 3.31. The van der Waals surface area contributed by atoms with Gasteiger partial charge in [0.2, 0.25) is 0 Å². The fourth-order valence-corrected chi connectivity index (χ4v) is 2.16. The Bertz CT molecular complexity index is 460. The zero-order valence-corrected chi connectivity index (χ0v) is 13.6. The molecule has 0 atom stereocenters. The van der Waals surface area contributed by atoms with E-state index < -0.39 is 0 Å². The van der Waals surface area contributed by atoms with Crippen molar-refractivity contribution in [2.75, 3.05) is 32.3 Å². The number of hydrogen-bond acceptors (Lipinski definition) is 5. The van der Waals surface area contributed by atoms with Crippen molar-refractivity contribution in [1.82, 2.24) is 5.32 Å². The molecule has 0 saturated carbocycles. The first kappa shape index (κ1) is 18.1. The molecule has 0 radical (unpaired) electrons. The minimum atomic E-state index is 0.408. The Hall–Kier alpha value is -1.92. The summed E-state index contributed by atoms with van der Waals surface area (Å²) in [5, 5.41) is 12.5. The largest absolute Gasteiger partial charge is 0.496 e. The molecule has 0 amide bonds. The predicted octanol–water partition coefficient (Wildman–Crippen LogP) is 2.86. The van der Waals surface area contributed by atoms with Crippen LogP contribution >= 0.6 is 0 Å². The molecule has 0 aliphatic carbocycles. The fourth-order valence-electron chi connectivity index (χ4n) is 2.16. The Kier molecular flexibility index (Phi) is 8.86. The Labute approximate surface area is 133 Å². The maximum atomic E-state index is 5.63. The molecule has 6 heteroatoms. The van der Waals surface area contributed by atoms with Crippen molar-refractivity contribution in [3.05, 3.63) is 36.5 Å². The molecular formula is C16H27N5O. The molecule has 1 aromatic rings. The normalized spacial score (nSPS) is 14.1. The highest BCUT2D eigenvalue weighted by molar-refractivity contribution is 5.54. The van der Waals surface area contributed by atoms with E-state index in [2.05, 4.69) is 22.2 Å². The van der Waals surface area contributed by atoms with Crippen LogP contribution in [-0.4, -0.2) is 27.2 Å². The molecule has 6 nitrogen and oxygen atoms in total. The molecule has 1 aliphatic heterocycles. The lowest BCUT2D eigenvalue weighted by atomic mass is 10.1. The second kappa shape index (κ2) is 10.8. The zero-order valence-electron chi connectivity index (χ0n) is 13.6. The van der Waals surface area contributed by atoms with Crippen molar-refractivity contribution in [3.8, 4) is 5.75 Å².